The number of carbonyl (C=O) groups excluding carboxylic acids is 3. The van der Waals surface area contributed by atoms with Gasteiger partial charge >= 0.3 is 12.0 Å². The van der Waals surface area contributed by atoms with E-state index < -0.39 is 24.5 Å². The van der Waals surface area contributed by atoms with Crippen molar-refractivity contribution in [3.63, 3.8) is 0 Å². The Morgan fingerprint density at radius 2 is 2.22 bits per heavy atom. The van der Waals surface area contributed by atoms with Crippen LogP contribution in [0, 0.1) is 0 Å². The molecule has 1 saturated heterocycles. The maximum Gasteiger partial charge on any atom is 0.324 e. The number of fused-ring (bicyclic) bond motifs is 1. The first-order chi connectivity index (χ1) is 11.0. The van der Waals surface area contributed by atoms with Gasteiger partial charge in [0.15, 0.2) is 6.61 Å². The summed E-state index contributed by atoms with van der Waals surface area (Å²) in [6, 6.07) is 4.09. The lowest BCUT2D eigenvalue weighted by Crippen LogP contribution is -2.37. The summed E-state index contributed by atoms with van der Waals surface area (Å²) in [5.41, 5.74) is 1.05. The van der Waals surface area contributed by atoms with Crippen LogP contribution in [0.4, 0.5) is 4.79 Å². The van der Waals surface area contributed by atoms with Gasteiger partial charge in [-0.2, -0.15) is 0 Å². The number of aromatic hydroxyl groups is 1. The highest BCUT2D eigenvalue weighted by Gasteiger charge is 2.26. The third-order valence-electron chi connectivity index (χ3n) is 3.49. The van der Waals surface area contributed by atoms with Gasteiger partial charge < -0.3 is 19.6 Å². The van der Waals surface area contributed by atoms with Crippen molar-refractivity contribution >= 4 is 28.9 Å². The summed E-state index contributed by atoms with van der Waals surface area (Å²) < 4.78 is 10.2. The van der Waals surface area contributed by atoms with E-state index in [0.29, 0.717) is 23.1 Å². The Labute approximate surface area is 130 Å². The molecule has 2 aromatic rings. The van der Waals surface area contributed by atoms with Gasteiger partial charge in [0.25, 0.3) is 5.91 Å². The predicted octanol–water partition coefficient (Wildman–Crippen LogP) is 0.776. The fraction of sp³-hybridized carbons (Fsp3) is 0.267. The van der Waals surface area contributed by atoms with Crippen molar-refractivity contribution in [1.29, 1.82) is 0 Å². The van der Waals surface area contributed by atoms with Crippen LogP contribution in [-0.2, 0) is 20.7 Å². The lowest BCUT2D eigenvalue weighted by molar-refractivity contribution is -0.150. The van der Waals surface area contributed by atoms with Gasteiger partial charge in [0.05, 0.1) is 12.7 Å². The number of imide groups is 1. The zero-order valence-electron chi connectivity index (χ0n) is 12.1. The Morgan fingerprint density at radius 1 is 1.39 bits per heavy atom. The molecule has 8 heteroatoms. The first kappa shape index (κ1) is 14.9. The molecule has 1 aliphatic heterocycles. The van der Waals surface area contributed by atoms with Crippen LogP contribution in [-0.4, -0.2) is 47.6 Å². The molecule has 1 fully saturated rings. The smallest absolute Gasteiger partial charge is 0.324 e. The first-order valence-corrected chi connectivity index (χ1v) is 6.97. The van der Waals surface area contributed by atoms with Crippen LogP contribution >= 0.6 is 0 Å². The summed E-state index contributed by atoms with van der Waals surface area (Å²) in [5.74, 6) is -1.10. The number of hydrogen-bond acceptors (Lipinski definition) is 6. The monoisotopic (exact) mass is 318 g/mol. The molecule has 2 heterocycles. The molecule has 0 atom stereocenters. The second kappa shape index (κ2) is 5.99. The molecule has 0 unspecified atom stereocenters. The number of furan rings is 1. The van der Waals surface area contributed by atoms with Crippen LogP contribution < -0.4 is 5.32 Å². The SMILES string of the molecule is O=C(Cc1coc2cc(O)ccc12)OCC(=O)N1CCNC1=O. The lowest BCUT2D eigenvalue weighted by Gasteiger charge is -2.11. The van der Waals surface area contributed by atoms with Gasteiger partial charge in [-0.05, 0) is 12.1 Å². The second-order valence-electron chi connectivity index (χ2n) is 5.06. The molecule has 0 radical (unpaired) electrons. The van der Waals surface area contributed by atoms with Crippen molar-refractivity contribution in [2.24, 2.45) is 0 Å². The zero-order valence-corrected chi connectivity index (χ0v) is 12.1. The molecule has 0 aliphatic carbocycles. The van der Waals surface area contributed by atoms with E-state index in [1.165, 1.54) is 18.4 Å². The van der Waals surface area contributed by atoms with E-state index >= 15 is 0 Å². The minimum absolute atomic E-state index is 0.0652. The summed E-state index contributed by atoms with van der Waals surface area (Å²) in [4.78, 5) is 35.9. The summed E-state index contributed by atoms with van der Waals surface area (Å²) in [6.07, 6.45) is 1.33. The van der Waals surface area contributed by atoms with Gasteiger partial charge in [-0.25, -0.2) is 4.79 Å². The van der Waals surface area contributed by atoms with Gasteiger partial charge in [0, 0.05) is 30.1 Å². The maximum absolute atomic E-state index is 11.8. The van der Waals surface area contributed by atoms with Crippen LogP contribution in [0.3, 0.4) is 0 Å². The van der Waals surface area contributed by atoms with Gasteiger partial charge in [0.2, 0.25) is 0 Å². The third-order valence-corrected chi connectivity index (χ3v) is 3.49. The molecule has 1 aromatic heterocycles. The minimum Gasteiger partial charge on any atom is -0.508 e. The van der Waals surface area contributed by atoms with E-state index in [9.17, 15) is 19.5 Å². The normalized spacial score (nSPS) is 14.1. The van der Waals surface area contributed by atoms with Gasteiger partial charge in [-0.1, -0.05) is 0 Å². The number of urea groups is 1. The van der Waals surface area contributed by atoms with E-state index in [1.54, 1.807) is 6.07 Å². The molecule has 0 bridgehead atoms. The molecule has 8 nitrogen and oxygen atoms in total. The zero-order chi connectivity index (χ0) is 16.4. The number of nitrogens with one attached hydrogen (secondary N) is 1. The van der Waals surface area contributed by atoms with E-state index in [0.717, 1.165) is 4.90 Å². The number of nitrogens with zero attached hydrogens (tertiary/aromatic N) is 1. The number of benzene rings is 1. The maximum atomic E-state index is 11.8. The molecule has 3 rings (SSSR count). The van der Waals surface area contributed by atoms with Crippen LogP contribution in [0.15, 0.2) is 28.9 Å². The van der Waals surface area contributed by atoms with Crippen molar-refractivity contribution in [2.75, 3.05) is 19.7 Å². The predicted molar refractivity (Wildman–Crippen MR) is 77.7 cm³/mol. The summed E-state index contributed by atoms with van der Waals surface area (Å²) in [6.45, 7) is 0.181. The average Bonchev–Trinajstić information content (AvgIpc) is 3.11. The number of esters is 1. The second-order valence-corrected chi connectivity index (χ2v) is 5.06. The largest absolute Gasteiger partial charge is 0.508 e. The van der Waals surface area contributed by atoms with E-state index in [1.807, 2.05) is 0 Å². The molecule has 2 N–H and O–H groups in total. The molecule has 23 heavy (non-hydrogen) atoms. The highest BCUT2D eigenvalue weighted by molar-refractivity contribution is 5.97. The van der Waals surface area contributed by atoms with E-state index in [-0.39, 0.29) is 18.7 Å². The molecule has 0 spiro atoms. The van der Waals surface area contributed by atoms with Crippen LogP contribution in [0.2, 0.25) is 0 Å². The van der Waals surface area contributed by atoms with Gasteiger partial charge in [-0.15, -0.1) is 0 Å². The highest BCUT2D eigenvalue weighted by Crippen LogP contribution is 2.25. The molecule has 120 valence electrons. The Kier molecular flexibility index (Phi) is 3.88. The molecule has 1 aromatic carbocycles. The number of ether oxygens (including phenoxy) is 1. The quantitative estimate of drug-likeness (QED) is 0.806. The van der Waals surface area contributed by atoms with Gasteiger partial charge in [-0.3, -0.25) is 14.5 Å². The first-order valence-electron chi connectivity index (χ1n) is 6.97. The van der Waals surface area contributed by atoms with Crippen LogP contribution in [0.25, 0.3) is 11.0 Å². The Morgan fingerprint density at radius 3 is 2.96 bits per heavy atom. The third kappa shape index (κ3) is 3.10. The van der Waals surface area contributed by atoms with Crippen molar-refractivity contribution < 1.29 is 28.6 Å². The summed E-state index contributed by atoms with van der Waals surface area (Å²) in [5, 5.41) is 12.5. The standard InChI is InChI=1S/C15H14N2O6/c18-10-1-2-11-9(7-22-12(11)6-10)5-14(20)23-8-13(19)17-4-3-16-15(17)21/h1-2,6-7,18H,3-5,8H2,(H,16,21). The molecule has 1 aliphatic rings. The molecular formula is C15H14N2O6. The number of amides is 3. The number of rotatable bonds is 4. The molecule has 3 amide bonds. The number of hydrogen-bond donors (Lipinski definition) is 2. The van der Waals surface area contributed by atoms with Crippen molar-refractivity contribution in [2.45, 2.75) is 6.42 Å². The number of phenols is 1. The molecule has 0 saturated carbocycles. The minimum atomic E-state index is -0.603. The Bertz CT molecular complexity index is 781. The number of carbonyl (C=O) groups is 3. The Hall–Kier alpha value is -3.03. The van der Waals surface area contributed by atoms with E-state index in [2.05, 4.69) is 5.32 Å². The van der Waals surface area contributed by atoms with Crippen molar-refractivity contribution in [3.05, 3.63) is 30.0 Å². The highest BCUT2D eigenvalue weighted by atomic mass is 16.5. The average molecular weight is 318 g/mol. The van der Waals surface area contributed by atoms with Crippen molar-refractivity contribution in [1.82, 2.24) is 10.2 Å². The fourth-order valence-corrected chi connectivity index (χ4v) is 2.35. The van der Waals surface area contributed by atoms with Crippen molar-refractivity contribution in [3.8, 4) is 5.75 Å². The van der Waals surface area contributed by atoms with Crippen LogP contribution in [0.5, 0.6) is 5.75 Å². The summed E-state index contributed by atoms with van der Waals surface area (Å²) >= 11 is 0. The van der Waals surface area contributed by atoms with Gasteiger partial charge in [0.1, 0.15) is 11.3 Å². The Balaban J connectivity index is 1.58. The van der Waals surface area contributed by atoms with Crippen LogP contribution in [0.1, 0.15) is 5.56 Å². The fourth-order valence-electron chi connectivity index (χ4n) is 2.35. The number of phenolic OH excluding ortho intramolecular Hbond substituents is 1. The molecular weight excluding hydrogens is 304 g/mol. The topological polar surface area (TPSA) is 109 Å². The van der Waals surface area contributed by atoms with E-state index in [4.69, 9.17) is 9.15 Å². The summed E-state index contributed by atoms with van der Waals surface area (Å²) in [7, 11) is 0. The lowest BCUT2D eigenvalue weighted by atomic mass is 10.1.